The number of rotatable bonds is 5. The molecule has 0 aliphatic carbocycles. The van der Waals surface area contributed by atoms with E-state index in [-0.39, 0.29) is 0 Å². The number of fused-ring (bicyclic) bond motifs is 6. The Bertz CT molecular complexity index is 3300. The van der Waals surface area contributed by atoms with Crippen LogP contribution in [0.25, 0.3) is 111 Å². The van der Waals surface area contributed by atoms with Crippen molar-refractivity contribution in [3.8, 4) is 56.2 Å². The van der Waals surface area contributed by atoms with Gasteiger partial charge in [0.1, 0.15) is 0 Å². The van der Waals surface area contributed by atoms with Crippen LogP contribution in [0.1, 0.15) is 0 Å². The largest absolute Gasteiger partial charge is 0.263 e. The van der Waals surface area contributed by atoms with Gasteiger partial charge in [0.25, 0.3) is 0 Å². The lowest BCUT2D eigenvalue weighted by Gasteiger charge is -2.10. The van der Waals surface area contributed by atoms with Crippen molar-refractivity contribution in [3.63, 3.8) is 0 Å². The second kappa shape index (κ2) is 13.0. The lowest BCUT2D eigenvalue weighted by molar-refractivity contribution is 1.33. The number of nitrogens with zero attached hydrogens (tertiary/aromatic N) is 5. The van der Waals surface area contributed by atoms with Crippen LogP contribution < -0.4 is 0 Å². The van der Waals surface area contributed by atoms with E-state index in [0.29, 0.717) is 0 Å². The summed E-state index contributed by atoms with van der Waals surface area (Å²) in [5.74, 6) is 0. The van der Waals surface area contributed by atoms with Crippen LogP contribution in [-0.2, 0) is 0 Å². The predicted molar refractivity (Wildman–Crippen MR) is 230 cm³/mol. The van der Waals surface area contributed by atoms with Gasteiger partial charge in [0.15, 0.2) is 0 Å². The third kappa shape index (κ3) is 5.62. The lowest BCUT2D eigenvalue weighted by atomic mass is 9.99. The number of pyridine rings is 5. The fraction of sp³-hybridized carbons (Fsp3) is 0. The van der Waals surface area contributed by atoms with Crippen LogP contribution in [-0.4, -0.2) is 24.9 Å². The van der Waals surface area contributed by atoms with Crippen molar-refractivity contribution < 1.29 is 0 Å². The monoisotopic (exact) mass is 713 g/mol. The Labute approximate surface area is 322 Å². The summed E-state index contributed by atoms with van der Waals surface area (Å²) in [6, 6.07) is 61.2. The molecule has 0 aliphatic heterocycles. The van der Waals surface area contributed by atoms with Crippen LogP contribution in [0.5, 0.6) is 0 Å². The molecule has 0 atom stereocenters. The van der Waals surface area contributed by atoms with Crippen molar-refractivity contribution in [3.05, 3.63) is 188 Å². The molecule has 6 aromatic carbocycles. The number of hydrogen-bond donors (Lipinski definition) is 0. The molecule has 5 heterocycles. The highest BCUT2D eigenvalue weighted by Crippen LogP contribution is 2.33. The quantitative estimate of drug-likeness (QED) is 0.166. The van der Waals surface area contributed by atoms with Gasteiger partial charge in [0.05, 0.1) is 44.8 Å². The minimum Gasteiger partial charge on any atom is -0.263 e. The molecule has 0 fully saturated rings. The van der Waals surface area contributed by atoms with Crippen molar-refractivity contribution in [2.75, 3.05) is 0 Å². The molecule has 0 bridgehead atoms. The van der Waals surface area contributed by atoms with Crippen molar-refractivity contribution in [2.24, 2.45) is 0 Å². The zero-order valence-corrected chi connectivity index (χ0v) is 30.1. The van der Waals surface area contributed by atoms with Gasteiger partial charge in [0.2, 0.25) is 0 Å². The van der Waals surface area contributed by atoms with Crippen molar-refractivity contribution >= 4 is 54.4 Å². The third-order valence-electron chi connectivity index (χ3n) is 10.7. The zero-order chi connectivity index (χ0) is 37.0. The Balaban J connectivity index is 0.864. The van der Waals surface area contributed by atoms with Gasteiger partial charge < -0.3 is 0 Å². The molecule has 0 amide bonds. The first-order valence-electron chi connectivity index (χ1n) is 18.7. The first-order valence-corrected chi connectivity index (χ1v) is 18.7. The zero-order valence-electron chi connectivity index (χ0n) is 30.1. The van der Waals surface area contributed by atoms with Crippen LogP contribution in [0.4, 0.5) is 0 Å². The SMILES string of the molecule is c1ccc(-c2ccc3ccc4ccc(-c5ccc(-c6ccc7cc(-c8ccc9nc(-c%10cncc%11ccccc%10%11)ccc9c8)ccc7n6)cc5)nc4c3n2)cc1. The molecule has 0 N–H and O–H groups in total. The summed E-state index contributed by atoms with van der Waals surface area (Å²) in [5, 5.41) is 6.60. The first kappa shape index (κ1) is 31.9. The maximum Gasteiger partial charge on any atom is 0.0972 e. The van der Waals surface area contributed by atoms with Crippen LogP contribution in [0.3, 0.4) is 0 Å². The fourth-order valence-corrected chi connectivity index (χ4v) is 7.75. The third-order valence-corrected chi connectivity index (χ3v) is 10.7. The van der Waals surface area contributed by atoms with Gasteiger partial charge in [-0.1, -0.05) is 127 Å². The molecule has 11 aromatic rings. The minimum absolute atomic E-state index is 0.904. The molecule has 0 aliphatic rings. The highest BCUT2D eigenvalue weighted by molar-refractivity contribution is 6.04. The topological polar surface area (TPSA) is 64.5 Å². The summed E-state index contributed by atoms with van der Waals surface area (Å²) in [4.78, 5) is 24.8. The van der Waals surface area contributed by atoms with E-state index in [9.17, 15) is 0 Å². The van der Waals surface area contributed by atoms with Gasteiger partial charge in [-0.25, -0.2) is 19.9 Å². The summed E-state index contributed by atoms with van der Waals surface area (Å²) >= 11 is 0. The summed E-state index contributed by atoms with van der Waals surface area (Å²) in [7, 11) is 0. The van der Waals surface area contributed by atoms with Gasteiger partial charge in [-0.05, 0) is 65.0 Å². The average molecular weight is 714 g/mol. The van der Waals surface area contributed by atoms with Crippen molar-refractivity contribution in [2.45, 2.75) is 0 Å². The second-order valence-electron chi connectivity index (χ2n) is 14.2. The van der Waals surface area contributed by atoms with Crippen LogP contribution in [0.2, 0.25) is 0 Å². The molecule has 0 saturated carbocycles. The number of hydrogen-bond acceptors (Lipinski definition) is 5. The van der Waals surface area contributed by atoms with E-state index in [2.05, 4.69) is 157 Å². The summed E-state index contributed by atoms with van der Waals surface area (Å²) in [6.07, 6.45) is 3.80. The van der Waals surface area contributed by atoms with Gasteiger partial charge in [0, 0.05) is 61.6 Å². The predicted octanol–water partition coefficient (Wildman–Crippen LogP) is 12.8. The van der Waals surface area contributed by atoms with E-state index in [1.165, 1.54) is 0 Å². The molecule has 11 rings (SSSR count). The molecule has 260 valence electrons. The van der Waals surface area contributed by atoms with E-state index in [0.717, 1.165) is 111 Å². The smallest absolute Gasteiger partial charge is 0.0972 e. The maximum absolute atomic E-state index is 5.14. The first-order chi connectivity index (χ1) is 27.7. The number of benzene rings is 6. The standard InChI is InChI=1S/C51H31N5/c1-2-6-32(7-3-1)45-22-16-35-14-15-36-17-23-46(56-51(36)50(35)55-45)34-12-10-33(11-13-34)44-26-20-39-28-37(18-24-47(39)53-44)38-19-25-48-40(29-38)21-27-49(54-48)43-31-52-30-41-8-4-5-9-42(41)43/h1-31H. The molecular weight excluding hydrogens is 683 g/mol. The molecule has 5 heteroatoms. The van der Waals surface area contributed by atoms with Crippen LogP contribution >= 0.6 is 0 Å². The highest BCUT2D eigenvalue weighted by Gasteiger charge is 2.12. The van der Waals surface area contributed by atoms with Crippen LogP contribution in [0, 0.1) is 0 Å². The van der Waals surface area contributed by atoms with E-state index >= 15 is 0 Å². The lowest BCUT2D eigenvalue weighted by Crippen LogP contribution is -1.91. The maximum atomic E-state index is 5.14. The number of aromatic nitrogens is 5. The molecule has 0 spiro atoms. The Morgan fingerprint density at radius 2 is 0.750 bits per heavy atom. The van der Waals surface area contributed by atoms with Crippen molar-refractivity contribution in [1.29, 1.82) is 0 Å². The van der Waals surface area contributed by atoms with E-state index in [1.807, 2.05) is 36.7 Å². The Kier molecular flexibility index (Phi) is 7.42. The van der Waals surface area contributed by atoms with E-state index in [4.69, 9.17) is 19.9 Å². The van der Waals surface area contributed by atoms with E-state index in [1.54, 1.807) is 0 Å². The van der Waals surface area contributed by atoms with Gasteiger partial charge in [-0.15, -0.1) is 0 Å². The van der Waals surface area contributed by atoms with Gasteiger partial charge in [-0.3, -0.25) is 4.98 Å². The normalized spacial score (nSPS) is 11.6. The fourth-order valence-electron chi connectivity index (χ4n) is 7.75. The molecule has 0 radical (unpaired) electrons. The summed E-state index contributed by atoms with van der Waals surface area (Å²) in [6.45, 7) is 0. The molecule has 5 nitrogen and oxygen atoms in total. The van der Waals surface area contributed by atoms with E-state index < -0.39 is 0 Å². The highest BCUT2D eigenvalue weighted by atomic mass is 14.8. The molecule has 0 saturated heterocycles. The summed E-state index contributed by atoms with van der Waals surface area (Å²) in [5.41, 5.74) is 13.9. The van der Waals surface area contributed by atoms with Gasteiger partial charge >= 0.3 is 0 Å². The molecular formula is C51H31N5. The van der Waals surface area contributed by atoms with Gasteiger partial charge in [-0.2, -0.15) is 0 Å². The molecule has 0 unspecified atom stereocenters. The Morgan fingerprint density at radius 3 is 1.38 bits per heavy atom. The average Bonchev–Trinajstić information content (AvgIpc) is 3.28. The van der Waals surface area contributed by atoms with Crippen molar-refractivity contribution in [1.82, 2.24) is 24.9 Å². The Hall–Kier alpha value is -7.63. The summed E-state index contributed by atoms with van der Waals surface area (Å²) < 4.78 is 0. The molecule has 5 aromatic heterocycles. The Morgan fingerprint density at radius 1 is 0.286 bits per heavy atom. The van der Waals surface area contributed by atoms with Crippen LogP contribution in [0.15, 0.2) is 188 Å². The minimum atomic E-state index is 0.904. The second-order valence-corrected chi connectivity index (χ2v) is 14.2. The molecule has 56 heavy (non-hydrogen) atoms.